The summed E-state index contributed by atoms with van der Waals surface area (Å²) in [4.78, 5) is 21.9. The Balaban J connectivity index is 1.50. The van der Waals surface area contributed by atoms with Crippen LogP contribution in [0.15, 0.2) is 29.3 Å². The minimum absolute atomic E-state index is 0.198. The molecule has 1 aliphatic carbocycles. The molecule has 142 valence electrons. The summed E-state index contributed by atoms with van der Waals surface area (Å²) < 4.78 is 5.48. The summed E-state index contributed by atoms with van der Waals surface area (Å²) in [6.07, 6.45) is 3.71. The quantitative estimate of drug-likeness (QED) is 0.861. The van der Waals surface area contributed by atoms with Gasteiger partial charge in [0.1, 0.15) is 5.75 Å². The number of aliphatic imine (C=N–C) groups is 1. The van der Waals surface area contributed by atoms with Crippen molar-refractivity contribution in [1.82, 2.24) is 10.2 Å². The third-order valence-electron chi connectivity index (χ3n) is 5.97. The second-order valence-electron chi connectivity index (χ2n) is 7.44. The second-order valence-corrected chi connectivity index (χ2v) is 7.44. The Labute approximate surface area is 159 Å². The van der Waals surface area contributed by atoms with E-state index >= 15 is 0 Å². The van der Waals surface area contributed by atoms with Gasteiger partial charge >= 0.3 is 0 Å². The number of nitrogens with zero attached hydrogens (tertiary/aromatic N) is 4. The first-order valence-electron chi connectivity index (χ1n) is 9.60. The molecule has 4 rings (SSSR count). The molecule has 0 unspecified atom stereocenters. The summed E-state index contributed by atoms with van der Waals surface area (Å²) in [6, 6.07) is 10.2. The third-order valence-corrected chi connectivity index (χ3v) is 5.97. The van der Waals surface area contributed by atoms with Crippen LogP contribution in [0.1, 0.15) is 25.7 Å². The number of anilines is 1. The lowest BCUT2D eigenvalue weighted by Crippen LogP contribution is -2.59. The molecular weight excluding hydrogens is 342 g/mol. The Morgan fingerprint density at radius 3 is 2.52 bits per heavy atom. The molecule has 1 spiro atoms. The first-order chi connectivity index (χ1) is 13.2. The van der Waals surface area contributed by atoms with Crippen LogP contribution >= 0.6 is 0 Å². The first kappa shape index (κ1) is 17.7. The second kappa shape index (κ2) is 7.10. The van der Waals surface area contributed by atoms with Gasteiger partial charge < -0.3 is 14.5 Å². The van der Waals surface area contributed by atoms with Crippen LogP contribution < -0.4 is 15.0 Å². The number of carbonyl (C=O) groups is 1. The number of amides is 1. The van der Waals surface area contributed by atoms with Crippen molar-refractivity contribution in [1.29, 1.82) is 5.26 Å². The average molecular weight is 367 g/mol. The number of guanidine groups is 1. The summed E-state index contributed by atoms with van der Waals surface area (Å²) in [5.41, 5.74) is 0.567. The lowest BCUT2D eigenvalue weighted by Gasteiger charge is -2.41. The number of para-hydroxylation sites is 2. The van der Waals surface area contributed by atoms with Crippen molar-refractivity contribution >= 4 is 17.6 Å². The van der Waals surface area contributed by atoms with Gasteiger partial charge in [-0.15, -0.1) is 0 Å². The van der Waals surface area contributed by atoms with Crippen molar-refractivity contribution in [3.63, 3.8) is 0 Å². The molecule has 0 bridgehead atoms. The Morgan fingerprint density at radius 1 is 1.19 bits per heavy atom. The SMILES string of the molecule is COc1ccccc1N1CCN(C2=NC3(CCCC3)[C@@H](C#N)C(=O)N2)CC1. The van der Waals surface area contributed by atoms with Gasteiger partial charge in [0.15, 0.2) is 5.92 Å². The minimum atomic E-state index is -0.668. The van der Waals surface area contributed by atoms with E-state index in [9.17, 15) is 10.1 Å². The van der Waals surface area contributed by atoms with Crippen molar-refractivity contribution in [2.75, 3.05) is 38.2 Å². The van der Waals surface area contributed by atoms with E-state index in [1.807, 2.05) is 18.2 Å². The van der Waals surface area contributed by atoms with Gasteiger partial charge in [-0.3, -0.25) is 10.1 Å². The number of rotatable bonds is 2. The smallest absolute Gasteiger partial charge is 0.246 e. The molecule has 1 saturated carbocycles. The van der Waals surface area contributed by atoms with Crippen LogP contribution in [0.5, 0.6) is 5.75 Å². The number of ether oxygens (including phenoxy) is 1. The van der Waals surface area contributed by atoms with E-state index in [0.29, 0.717) is 5.96 Å². The predicted molar refractivity (Wildman–Crippen MR) is 103 cm³/mol. The zero-order chi connectivity index (χ0) is 18.9. The molecule has 2 fully saturated rings. The fraction of sp³-hybridized carbons (Fsp3) is 0.550. The lowest BCUT2D eigenvalue weighted by atomic mass is 9.82. The molecule has 1 N–H and O–H groups in total. The van der Waals surface area contributed by atoms with Gasteiger partial charge in [-0.05, 0) is 25.0 Å². The van der Waals surface area contributed by atoms with Crippen molar-refractivity contribution < 1.29 is 9.53 Å². The van der Waals surface area contributed by atoms with E-state index in [0.717, 1.165) is 63.3 Å². The van der Waals surface area contributed by atoms with E-state index in [2.05, 4.69) is 27.3 Å². The molecule has 1 aromatic carbocycles. The number of hydrogen-bond donors (Lipinski definition) is 1. The number of piperazine rings is 1. The van der Waals surface area contributed by atoms with Gasteiger partial charge in [0, 0.05) is 26.2 Å². The lowest BCUT2D eigenvalue weighted by molar-refractivity contribution is -0.124. The van der Waals surface area contributed by atoms with Gasteiger partial charge in [-0.2, -0.15) is 5.26 Å². The number of hydrogen-bond acceptors (Lipinski definition) is 6. The first-order valence-corrected chi connectivity index (χ1v) is 9.60. The zero-order valence-corrected chi connectivity index (χ0v) is 15.6. The maximum Gasteiger partial charge on any atom is 0.246 e. The molecular formula is C20H25N5O2. The summed E-state index contributed by atoms with van der Waals surface area (Å²) in [7, 11) is 1.69. The predicted octanol–water partition coefficient (Wildman–Crippen LogP) is 1.76. The Bertz CT molecular complexity index is 786. The molecule has 2 heterocycles. The molecule has 0 aromatic heterocycles. The van der Waals surface area contributed by atoms with E-state index < -0.39 is 11.5 Å². The Kier molecular flexibility index (Phi) is 4.65. The number of carbonyl (C=O) groups excluding carboxylic acids is 1. The van der Waals surface area contributed by atoms with E-state index in [1.165, 1.54) is 0 Å². The summed E-state index contributed by atoms with van der Waals surface area (Å²) >= 11 is 0. The number of nitrogens with one attached hydrogen (secondary N) is 1. The average Bonchev–Trinajstić information content (AvgIpc) is 3.16. The molecule has 3 aliphatic rings. The molecule has 7 nitrogen and oxygen atoms in total. The Hall–Kier alpha value is -2.75. The highest BCUT2D eigenvalue weighted by Crippen LogP contribution is 2.41. The van der Waals surface area contributed by atoms with Crippen LogP contribution in [0.25, 0.3) is 0 Å². The monoisotopic (exact) mass is 367 g/mol. The summed E-state index contributed by atoms with van der Waals surface area (Å²) in [6.45, 7) is 3.18. The number of benzene rings is 1. The molecule has 7 heteroatoms. The van der Waals surface area contributed by atoms with Crippen LogP contribution in [0.2, 0.25) is 0 Å². The maximum absolute atomic E-state index is 12.5. The Morgan fingerprint density at radius 2 is 1.85 bits per heavy atom. The zero-order valence-electron chi connectivity index (χ0n) is 15.6. The van der Waals surface area contributed by atoms with Crippen LogP contribution in [0, 0.1) is 17.2 Å². The van der Waals surface area contributed by atoms with E-state index in [4.69, 9.17) is 9.73 Å². The van der Waals surface area contributed by atoms with Gasteiger partial charge in [-0.25, -0.2) is 4.99 Å². The van der Waals surface area contributed by atoms with Gasteiger partial charge in [0.05, 0.1) is 24.4 Å². The minimum Gasteiger partial charge on any atom is -0.495 e. The van der Waals surface area contributed by atoms with Crippen molar-refractivity contribution in [2.45, 2.75) is 31.2 Å². The molecule has 1 amide bonds. The van der Waals surface area contributed by atoms with Crippen molar-refractivity contribution in [2.24, 2.45) is 10.9 Å². The van der Waals surface area contributed by atoms with Crippen LogP contribution in [0.4, 0.5) is 5.69 Å². The number of methoxy groups -OCH3 is 1. The van der Waals surface area contributed by atoms with E-state index in [-0.39, 0.29) is 5.91 Å². The van der Waals surface area contributed by atoms with Gasteiger partial charge in [-0.1, -0.05) is 25.0 Å². The largest absolute Gasteiger partial charge is 0.495 e. The normalized spacial score (nSPS) is 24.4. The highest BCUT2D eigenvalue weighted by atomic mass is 16.5. The molecule has 0 radical (unpaired) electrons. The molecule has 1 atom stereocenters. The fourth-order valence-electron chi connectivity index (χ4n) is 4.50. The van der Waals surface area contributed by atoms with E-state index in [1.54, 1.807) is 7.11 Å². The highest BCUT2D eigenvalue weighted by Gasteiger charge is 2.49. The standard InChI is InChI=1S/C20H25N5O2/c1-27-17-7-3-2-6-16(17)24-10-12-25(13-11-24)19-22-18(26)15(14-21)20(23-19)8-4-5-9-20/h2-3,6-7,15H,4-5,8-13H2,1H3,(H,22,23,26)/t15-/m0/s1. The van der Waals surface area contributed by atoms with Crippen LogP contribution in [0.3, 0.4) is 0 Å². The fourth-order valence-corrected chi connectivity index (χ4v) is 4.50. The number of nitriles is 1. The van der Waals surface area contributed by atoms with Gasteiger partial charge in [0.2, 0.25) is 11.9 Å². The molecule has 2 aliphatic heterocycles. The summed E-state index contributed by atoms with van der Waals surface area (Å²) in [5.74, 6) is 0.652. The molecule has 1 saturated heterocycles. The van der Waals surface area contributed by atoms with Crippen molar-refractivity contribution in [3.05, 3.63) is 24.3 Å². The molecule has 1 aromatic rings. The highest BCUT2D eigenvalue weighted by molar-refractivity contribution is 6.02. The topological polar surface area (TPSA) is 81.0 Å². The maximum atomic E-state index is 12.5. The third kappa shape index (κ3) is 3.09. The molecule has 27 heavy (non-hydrogen) atoms. The van der Waals surface area contributed by atoms with Gasteiger partial charge in [0.25, 0.3) is 0 Å². The van der Waals surface area contributed by atoms with Crippen LogP contribution in [-0.4, -0.2) is 55.6 Å². The van der Waals surface area contributed by atoms with Crippen molar-refractivity contribution in [3.8, 4) is 11.8 Å². The summed E-state index contributed by atoms with van der Waals surface area (Å²) in [5, 5.41) is 12.4. The van der Waals surface area contributed by atoms with Crippen LogP contribution in [-0.2, 0) is 4.79 Å².